The van der Waals surface area contributed by atoms with Crippen LogP contribution in [0.25, 0.3) is 0 Å². The van der Waals surface area contributed by atoms with E-state index >= 15 is 0 Å². The summed E-state index contributed by atoms with van der Waals surface area (Å²) < 4.78 is 0. The molecule has 0 saturated carbocycles. The second-order valence-corrected chi connectivity index (χ2v) is 5.96. The molecule has 0 unspecified atom stereocenters. The van der Waals surface area contributed by atoms with E-state index in [4.69, 9.17) is 0 Å². The van der Waals surface area contributed by atoms with E-state index in [2.05, 4.69) is 30.9 Å². The fraction of sp³-hybridized carbons (Fsp3) is 0.588. The highest BCUT2D eigenvalue weighted by atomic mass is 16.1. The summed E-state index contributed by atoms with van der Waals surface area (Å²) in [5, 5.41) is 0. The van der Waals surface area contributed by atoms with Gasteiger partial charge in [-0.05, 0) is 44.0 Å². The van der Waals surface area contributed by atoms with Crippen molar-refractivity contribution in [1.29, 1.82) is 0 Å². The van der Waals surface area contributed by atoms with Crippen molar-refractivity contribution in [2.75, 3.05) is 18.0 Å². The number of nitrogens with zero attached hydrogens (tertiary/aromatic N) is 1. The van der Waals surface area contributed by atoms with Gasteiger partial charge in [0.05, 0.1) is 0 Å². The number of ketones is 1. The van der Waals surface area contributed by atoms with E-state index in [1.165, 1.54) is 44.5 Å². The van der Waals surface area contributed by atoms with Gasteiger partial charge in [0.25, 0.3) is 0 Å². The van der Waals surface area contributed by atoms with Gasteiger partial charge in [0.1, 0.15) is 0 Å². The van der Waals surface area contributed by atoms with Crippen LogP contribution in [0.5, 0.6) is 0 Å². The van der Waals surface area contributed by atoms with Crippen molar-refractivity contribution in [3.63, 3.8) is 0 Å². The van der Waals surface area contributed by atoms with Crippen LogP contribution in [0.2, 0.25) is 0 Å². The Morgan fingerprint density at radius 1 is 1.11 bits per heavy atom. The first-order chi connectivity index (χ1) is 9.10. The molecule has 0 radical (unpaired) electrons. The Morgan fingerprint density at radius 3 is 2.05 bits per heavy atom. The maximum absolute atomic E-state index is 11.3. The number of hydrogen-bond donors (Lipinski definition) is 0. The second kappa shape index (κ2) is 5.77. The standard InChI is InChI=1S/C17H25NO/c1-4-10-17(11-5-2)12-18(13-17)16-8-6-15(7-9-16)14(3)19/h6-9H,4-5,10-13H2,1-3H3. The van der Waals surface area contributed by atoms with Gasteiger partial charge in [0.15, 0.2) is 5.78 Å². The zero-order valence-corrected chi connectivity index (χ0v) is 12.4. The molecule has 0 aromatic heterocycles. The fourth-order valence-electron chi connectivity index (χ4n) is 3.35. The number of carbonyl (C=O) groups excluding carboxylic acids is 1. The van der Waals surface area contributed by atoms with Crippen molar-refractivity contribution < 1.29 is 4.79 Å². The van der Waals surface area contributed by atoms with Crippen LogP contribution in [-0.2, 0) is 0 Å². The van der Waals surface area contributed by atoms with E-state index in [9.17, 15) is 4.79 Å². The van der Waals surface area contributed by atoms with Crippen molar-refractivity contribution in [3.05, 3.63) is 29.8 Å². The maximum Gasteiger partial charge on any atom is 0.159 e. The Kier molecular flexibility index (Phi) is 4.28. The summed E-state index contributed by atoms with van der Waals surface area (Å²) in [6.45, 7) is 8.53. The summed E-state index contributed by atoms with van der Waals surface area (Å²) in [6.07, 6.45) is 5.22. The van der Waals surface area contributed by atoms with Crippen molar-refractivity contribution in [2.45, 2.75) is 46.5 Å². The first-order valence-corrected chi connectivity index (χ1v) is 7.46. The third-order valence-corrected chi connectivity index (χ3v) is 4.25. The number of anilines is 1. The number of rotatable bonds is 6. The monoisotopic (exact) mass is 259 g/mol. The SMILES string of the molecule is CCCC1(CCC)CN(c2ccc(C(C)=O)cc2)C1. The van der Waals surface area contributed by atoms with Crippen molar-refractivity contribution >= 4 is 11.5 Å². The van der Waals surface area contributed by atoms with Gasteiger partial charge in [-0.25, -0.2) is 0 Å². The molecule has 0 aliphatic carbocycles. The van der Waals surface area contributed by atoms with Crippen LogP contribution in [-0.4, -0.2) is 18.9 Å². The minimum absolute atomic E-state index is 0.140. The third kappa shape index (κ3) is 2.99. The summed E-state index contributed by atoms with van der Waals surface area (Å²) in [4.78, 5) is 13.7. The van der Waals surface area contributed by atoms with Crippen LogP contribution in [0.1, 0.15) is 56.8 Å². The zero-order chi connectivity index (χ0) is 13.9. The highest BCUT2D eigenvalue weighted by molar-refractivity contribution is 5.94. The number of Topliss-reactive ketones (excluding diaryl/α,β-unsaturated/α-hetero) is 1. The van der Waals surface area contributed by atoms with Gasteiger partial charge < -0.3 is 4.90 Å². The van der Waals surface area contributed by atoms with Gasteiger partial charge in [-0.1, -0.05) is 26.7 Å². The molecule has 0 N–H and O–H groups in total. The quantitative estimate of drug-likeness (QED) is 0.710. The average molecular weight is 259 g/mol. The predicted octanol–water partition coefficient (Wildman–Crippen LogP) is 4.30. The molecule has 1 heterocycles. The minimum atomic E-state index is 0.140. The molecule has 2 nitrogen and oxygen atoms in total. The van der Waals surface area contributed by atoms with Crippen LogP contribution in [0, 0.1) is 5.41 Å². The predicted molar refractivity (Wildman–Crippen MR) is 80.9 cm³/mol. The highest BCUT2D eigenvalue weighted by Crippen LogP contribution is 2.41. The van der Waals surface area contributed by atoms with Gasteiger partial charge in [-0.2, -0.15) is 0 Å². The molecule has 1 aliphatic heterocycles. The van der Waals surface area contributed by atoms with E-state index in [-0.39, 0.29) is 5.78 Å². The smallest absolute Gasteiger partial charge is 0.159 e. The molecule has 19 heavy (non-hydrogen) atoms. The Bertz CT molecular complexity index is 421. The molecule has 0 bridgehead atoms. The molecule has 0 amide bonds. The molecule has 1 aliphatic rings. The molecule has 1 aromatic carbocycles. The largest absolute Gasteiger partial charge is 0.370 e. The van der Waals surface area contributed by atoms with E-state index in [0.717, 1.165) is 5.56 Å². The van der Waals surface area contributed by atoms with Gasteiger partial charge in [0.2, 0.25) is 0 Å². The molecule has 1 fully saturated rings. The van der Waals surface area contributed by atoms with Crippen LogP contribution in [0.15, 0.2) is 24.3 Å². The number of benzene rings is 1. The van der Waals surface area contributed by atoms with Crippen LogP contribution in [0.3, 0.4) is 0 Å². The van der Waals surface area contributed by atoms with Crippen molar-refractivity contribution in [2.24, 2.45) is 5.41 Å². The molecular formula is C17H25NO. The summed E-state index contributed by atoms with van der Waals surface area (Å²) in [6, 6.07) is 8.05. The zero-order valence-electron chi connectivity index (χ0n) is 12.4. The lowest BCUT2D eigenvalue weighted by molar-refractivity contribution is 0.101. The molecule has 2 heteroatoms. The Hall–Kier alpha value is -1.31. The first kappa shape index (κ1) is 14.1. The molecule has 104 valence electrons. The summed E-state index contributed by atoms with van der Waals surface area (Å²) in [7, 11) is 0. The van der Waals surface area contributed by atoms with E-state index in [1.807, 2.05) is 12.1 Å². The van der Waals surface area contributed by atoms with Crippen molar-refractivity contribution in [1.82, 2.24) is 0 Å². The van der Waals surface area contributed by atoms with Crippen molar-refractivity contribution in [3.8, 4) is 0 Å². The highest BCUT2D eigenvalue weighted by Gasteiger charge is 2.41. The fourth-order valence-corrected chi connectivity index (χ4v) is 3.35. The Labute approximate surface area is 116 Å². The van der Waals surface area contributed by atoms with E-state index in [0.29, 0.717) is 5.41 Å². The van der Waals surface area contributed by atoms with Crippen LogP contribution >= 0.6 is 0 Å². The van der Waals surface area contributed by atoms with Crippen LogP contribution < -0.4 is 4.90 Å². The number of hydrogen-bond acceptors (Lipinski definition) is 2. The van der Waals surface area contributed by atoms with E-state index in [1.54, 1.807) is 6.92 Å². The Balaban J connectivity index is 2.00. The minimum Gasteiger partial charge on any atom is -0.370 e. The van der Waals surface area contributed by atoms with E-state index < -0.39 is 0 Å². The third-order valence-electron chi connectivity index (χ3n) is 4.25. The summed E-state index contributed by atoms with van der Waals surface area (Å²) >= 11 is 0. The van der Waals surface area contributed by atoms with Gasteiger partial charge in [0, 0.05) is 29.8 Å². The molecule has 2 rings (SSSR count). The van der Waals surface area contributed by atoms with Gasteiger partial charge in [-0.3, -0.25) is 4.79 Å². The molecule has 1 aromatic rings. The summed E-state index contributed by atoms with van der Waals surface area (Å²) in [5.41, 5.74) is 2.61. The topological polar surface area (TPSA) is 20.3 Å². The maximum atomic E-state index is 11.3. The molecule has 0 spiro atoms. The normalized spacial score (nSPS) is 17.1. The van der Waals surface area contributed by atoms with Crippen LogP contribution in [0.4, 0.5) is 5.69 Å². The average Bonchev–Trinajstić information content (AvgIpc) is 2.36. The van der Waals surface area contributed by atoms with Gasteiger partial charge >= 0.3 is 0 Å². The molecule has 0 atom stereocenters. The first-order valence-electron chi connectivity index (χ1n) is 7.46. The van der Waals surface area contributed by atoms with Gasteiger partial charge in [-0.15, -0.1) is 0 Å². The molecule has 1 saturated heterocycles. The lowest BCUT2D eigenvalue weighted by Gasteiger charge is -2.52. The Morgan fingerprint density at radius 2 is 1.63 bits per heavy atom. The second-order valence-electron chi connectivity index (χ2n) is 5.96. The lowest BCUT2D eigenvalue weighted by Crippen LogP contribution is -2.56. The lowest BCUT2D eigenvalue weighted by atomic mass is 9.72. The molecular weight excluding hydrogens is 234 g/mol. The summed E-state index contributed by atoms with van der Waals surface area (Å²) in [5.74, 6) is 0.140. The number of carbonyl (C=O) groups is 1.